The van der Waals surface area contributed by atoms with Crippen LogP contribution in [-0.4, -0.2) is 50.6 Å². The molecule has 1 atom stereocenters. The van der Waals surface area contributed by atoms with Gasteiger partial charge in [0.25, 0.3) is 5.91 Å². The molecule has 1 aromatic carbocycles. The zero-order chi connectivity index (χ0) is 17.3. The van der Waals surface area contributed by atoms with E-state index in [0.29, 0.717) is 24.4 Å². The van der Waals surface area contributed by atoms with Crippen molar-refractivity contribution >= 4 is 16.9 Å². The summed E-state index contributed by atoms with van der Waals surface area (Å²) in [4.78, 5) is 26.1. The summed E-state index contributed by atoms with van der Waals surface area (Å²) in [5.74, 6) is -0.101. The van der Waals surface area contributed by atoms with Crippen LogP contribution in [0, 0.1) is 5.41 Å². The maximum absolute atomic E-state index is 13.0. The van der Waals surface area contributed by atoms with Crippen LogP contribution in [0.4, 0.5) is 0 Å². The van der Waals surface area contributed by atoms with Gasteiger partial charge in [0, 0.05) is 24.7 Å². The minimum atomic E-state index is -0.290. The Morgan fingerprint density at radius 2 is 2.08 bits per heavy atom. The summed E-state index contributed by atoms with van der Waals surface area (Å²) in [7, 11) is 0. The first-order valence-electron chi connectivity index (χ1n) is 8.43. The number of fused-ring (bicyclic) bond motifs is 1. The van der Waals surface area contributed by atoms with E-state index in [4.69, 9.17) is 0 Å². The van der Waals surface area contributed by atoms with E-state index >= 15 is 0 Å². The van der Waals surface area contributed by atoms with Crippen molar-refractivity contribution in [2.24, 2.45) is 5.41 Å². The maximum atomic E-state index is 13.0. The number of hydrogen-bond acceptors (Lipinski definition) is 4. The molecule has 1 unspecified atom stereocenters. The number of aliphatic hydroxyl groups excluding tert-OH is 1. The number of likely N-dealkylation sites (tertiary alicyclic amines) is 1. The fraction of sp³-hybridized carbons (Fsp3) is 0.316. The normalized spacial score (nSPS) is 20.3. The van der Waals surface area contributed by atoms with Crippen molar-refractivity contribution in [3.63, 3.8) is 0 Å². The number of aromatic amines is 1. The molecule has 0 radical (unpaired) electrons. The number of amides is 1. The Hall–Kier alpha value is -2.73. The number of nitrogens with zero attached hydrogens (tertiary/aromatic N) is 3. The molecule has 0 bridgehead atoms. The highest BCUT2D eigenvalue weighted by atomic mass is 16.3. The smallest absolute Gasteiger partial charge is 0.273 e. The number of carbonyl (C=O) groups excluding carboxylic acids is 1. The molecule has 1 aliphatic heterocycles. The van der Waals surface area contributed by atoms with Crippen LogP contribution in [-0.2, 0) is 6.42 Å². The zero-order valence-electron chi connectivity index (χ0n) is 13.9. The summed E-state index contributed by atoms with van der Waals surface area (Å²) in [5, 5.41) is 10.8. The summed E-state index contributed by atoms with van der Waals surface area (Å²) < 4.78 is 0. The summed E-state index contributed by atoms with van der Waals surface area (Å²) >= 11 is 0. The fourth-order valence-electron chi connectivity index (χ4n) is 3.66. The van der Waals surface area contributed by atoms with E-state index in [2.05, 4.69) is 27.1 Å². The standard InChI is InChI=1S/C19H20N4O2/c24-12-19(10-14-4-2-1-3-5-14)7-9-23(11-19)18(25)16-15-6-8-20-17(15)22-13-21-16/h1-6,8,13,24H,7,9-12H2,(H,20,21,22). The second-order valence-corrected chi connectivity index (χ2v) is 6.76. The molecular formula is C19H20N4O2. The number of hydrogen-bond donors (Lipinski definition) is 2. The van der Waals surface area contributed by atoms with E-state index in [9.17, 15) is 9.90 Å². The Kier molecular flexibility index (Phi) is 3.97. The second kappa shape index (κ2) is 6.29. The van der Waals surface area contributed by atoms with Crippen LogP contribution in [0.1, 0.15) is 22.5 Å². The van der Waals surface area contributed by atoms with Crippen LogP contribution < -0.4 is 0 Å². The quantitative estimate of drug-likeness (QED) is 0.764. The van der Waals surface area contributed by atoms with Gasteiger partial charge in [-0.15, -0.1) is 0 Å². The Labute approximate surface area is 145 Å². The first-order valence-corrected chi connectivity index (χ1v) is 8.43. The molecule has 0 spiro atoms. The molecule has 128 valence electrons. The van der Waals surface area contributed by atoms with Crippen LogP contribution in [0.3, 0.4) is 0 Å². The van der Waals surface area contributed by atoms with Crippen LogP contribution >= 0.6 is 0 Å². The van der Waals surface area contributed by atoms with Gasteiger partial charge in [0.2, 0.25) is 0 Å². The van der Waals surface area contributed by atoms with Gasteiger partial charge in [0.05, 0.1) is 12.0 Å². The van der Waals surface area contributed by atoms with Crippen molar-refractivity contribution in [1.29, 1.82) is 0 Å². The third kappa shape index (κ3) is 2.89. The first-order chi connectivity index (χ1) is 12.2. The molecule has 1 aliphatic rings. The molecule has 6 heteroatoms. The molecule has 1 saturated heterocycles. The molecule has 25 heavy (non-hydrogen) atoms. The van der Waals surface area contributed by atoms with E-state index in [-0.39, 0.29) is 17.9 Å². The number of aromatic nitrogens is 3. The minimum Gasteiger partial charge on any atom is -0.396 e. The Bertz CT molecular complexity index is 893. The third-order valence-corrected chi connectivity index (χ3v) is 5.04. The van der Waals surface area contributed by atoms with Crippen LogP contribution in [0.15, 0.2) is 48.9 Å². The van der Waals surface area contributed by atoms with Gasteiger partial charge in [-0.05, 0) is 24.5 Å². The van der Waals surface area contributed by atoms with Gasteiger partial charge in [0.15, 0.2) is 0 Å². The Balaban J connectivity index is 1.56. The summed E-state index contributed by atoms with van der Waals surface area (Å²) in [6.45, 7) is 1.23. The van der Waals surface area contributed by atoms with Crippen LogP contribution in [0.25, 0.3) is 11.0 Å². The summed E-state index contributed by atoms with van der Waals surface area (Å²) in [6, 6.07) is 11.9. The van der Waals surface area contributed by atoms with Crippen LogP contribution in [0.5, 0.6) is 0 Å². The van der Waals surface area contributed by atoms with Gasteiger partial charge in [-0.1, -0.05) is 30.3 Å². The molecule has 0 aliphatic carbocycles. The van der Waals surface area contributed by atoms with Gasteiger partial charge in [0.1, 0.15) is 17.7 Å². The summed E-state index contributed by atoms with van der Waals surface area (Å²) in [6.07, 6.45) is 4.71. The predicted molar refractivity (Wildman–Crippen MR) is 94.1 cm³/mol. The molecule has 4 rings (SSSR count). The summed E-state index contributed by atoms with van der Waals surface area (Å²) in [5.41, 5.74) is 1.97. The predicted octanol–water partition coefficient (Wildman–Crippen LogP) is 2.03. The van der Waals surface area contributed by atoms with Crippen molar-refractivity contribution in [3.05, 3.63) is 60.2 Å². The van der Waals surface area contributed by atoms with Crippen molar-refractivity contribution in [1.82, 2.24) is 19.9 Å². The highest BCUT2D eigenvalue weighted by Crippen LogP contribution is 2.34. The fourth-order valence-corrected chi connectivity index (χ4v) is 3.66. The molecule has 1 fully saturated rings. The highest BCUT2D eigenvalue weighted by molar-refractivity contribution is 6.03. The lowest BCUT2D eigenvalue weighted by Gasteiger charge is -2.27. The lowest BCUT2D eigenvalue weighted by atomic mass is 9.81. The average molecular weight is 336 g/mol. The van der Waals surface area contributed by atoms with Gasteiger partial charge < -0.3 is 15.0 Å². The molecule has 2 aromatic heterocycles. The molecule has 3 heterocycles. The van der Waals surface area contributed by atoms with E-state index in [1.54, 1.807) is 11.1 Å². The first kappa shape index (κ1) is 15.8. The third-order valence-electron chi connectivity index (χ3n) is 5.04. The van der Waals surface area contributed by atoms with E-state index in [1.807, 2.05) is 24.3 Å². The molecular weight excluding hydrogens is 316 g/mol. The lowest BCUT2D eigenvalue weighted by Crippen LogP contribution is -2.35. The average Bonchev–Trinajstić information content (AvgIpc) is 3.29. The molecule has 3 aromatic rings. The molecule has 0 saturated carbocycles. The maximum Gasteiger partial charge on any atom is 0.273 e. The van der Waals surface area contributed by atoms with Gasteiger partial charge in [-0.25, -0.2) is 9.97 Å². The highest BCUT2D eigenvalue weighted by Gasteiger charge is 2.40. The number of rotatable bonds is 4. The number of H-pyrrole nitrogens is 1. The van der Waals surface area contributed by atoms with E-state index in [1.165, 1.54) is 11.9 Å². The van der Waals surface area contributed by atoms with Gasteiger partial charge >= 0.3 is 0 Å². The van der Waals surface area contributed by atoms with Crippen molar-refractivity contribution < 1.29 is 9.90 Å². The van der Waals surface area contributed by atoms with Crippen molar-refractivity contribution in [3.8, 4) is 0 Å². The molecule has 6 nitrogen and oxygen atoms in total. The van der Waals surface area contributed by atoms with Gasteiger partial charge in [-0.2, -0.15) is 0 Å². The Morgan fingerprint density at radius 3 is 2.88 bits per heavy atom. The second-order valence-electron chi connectivity index (χ2n) is 6.76. The van der Waals surface area contributed by atoms with E-state index in [0.717, 1.165) is 18.2 Å². The number of benzene rings is 1. The van der Waals surface area contributed by atoms with Crippen LogP contribution in [0.2, 0.25) is 0 Å². The lowest BCUT2D eigenvalue weighted by molar-refractivity contribution is 0.0736. The molecule has 1 amide bonds. The van der Waals surface area contributed by atoms with Crippen molar-refractivity contribution in [2.75, 3.05) is 19.7 Å². The zero-order valence-corrected chi connectivity index (χ0v) is 13.9. The number of aliphatic hydroxyl groups is 1. The van der Waals surface area contributed by atoms with Gasteiger partial charge in [-0.3, -0.25) is 4.79 Å². The monoisotopic (exact) mass is 336 g/mol. The SMILES string of the molecule is O=C(c1ncnc2[nH]ccc12)N1CCC(CO)(Cc2ccccc2)C1. The molecule has 2 N–H and O–H groups in total. The largest absolute Gasteiger partial charge is 0.396 e. The minimum absolute atomic E-state index is 0.0645. The van der Waals surface area contributed by atoms with Crippen molar-refractivity contribution in [2.45, 2.75) is 12.8 Å². The topological polar surface area (TPSA) is 82.1 Å². The Morgan fingerprint density at radius 1 is 1.24 bits per heavy atom. The number of carbonyl (C=O) groups is 1. The number of nitrogens with one attached hydrogen (secondary N) is 1. The van der Waals surface area contributed by atoms with E-state index < -0.39 is 0 Å².